The second-order valence-electron chi connectivity index (χ2n) is 4.60. The van der Waals surface area contributed by atoms with Crippen molar-refractivity contribution in [2.45, 2.75) is 20.3 Å². The zero-order valence-electron chi connectivity index (χ0n) is 11.3. The predicted octanol–water partition coefficient (Wildman–Crippen LogP) is 2.03. The van der Waals surface area contributed by atoms with E-state index in [4.69, 9.17) is 10.5 Å². The van der Waals surface area contributed by atoms with Crippen LogP contribution in [0.1, 0.15) is 20.3 Å². The van der Waals surface area contributed by atoms with Crippen molar-refractivity contribution in [2.24, 2.45) is 11.7 Å². The number of carbonyl (C=O) groups excluding carboxylic acids is 1. The summed E-state index contributed by atoms with van der Waals surface area (Å²) in [7, 11) is 1.60. The van der Waals surface area contributed by atoms with E-state index in [1.54, 1.807) is 12.0 Å². The minimum atomic E-state index is 0.0833. The van der Waals surface area contributed by atoms with E-state index < -0.39 is 0 Å². The molecule has 1 rings (SSSR count). The quantitative estimate of drug-likeness (QED) is 0.840. The molecule has 0 fully saturated rings. The lowest BCUT2D eigenvalue weighted by molar-refractivity contribution is -0.119. The zero-order chi connectivity index (χ0) is 13.5. The van der Waals surface area contributed by atoms with Crippen molar-refractivity contribution in [2.75, 3.05) is 25.1 Å². The number of nitrogens with two attached hydrogens (primary N) is 1. The highest BCUT2D eigenvalue weighted by atomic mass is 16.5. The van der Waals surface area contributed by atoms with E-state index in [0.29, 0.717) is 31.2 Å². The third kappa shape index (κ3) is 3.74. The van der Waals surface area contributed by atoms with Gasteiger partial charge in [0.2, 0.25) is 5.91 Å². The van der Waals surface area contributed by atoms with Crippen LogP contribution in [-0.4, -0.2) is 26.1 Å². The number of methoxy groups -OCH3 is 1. The van der Waals surface area contributed by atoms with Crippen LogP contribution in [0.15, 0.2) is 24.3 Å². The van der Waals surface area contributed by atoms with Gasteiger partial charge in [-0.1, -0.05) is 26.0 Å². The molecular weight excluding hydrogens is 228 g/mol. The number of nitrogens with zero attached hydrogens (tertiary/aromatic N) is 1. The molecule has 4 nitrogen and oxygen atoms in total. The van der Waals surface area contributed by atoms with Crippen LogP contribution in [0.2, 0.25) is 0 Å². The standard InChI is InChI=1S/C14H22N2O2/c1-11(2)10-14(17)16(9-8-15)12-6-4-5-7-13(12)18-3/h4-7,11H,8-10,15H2,1-3H3. The van der Waals surface area contributed by atoms with E-state index >= 15 is 0 Å². The molecule has 0 atom stereocenters. The van der Waals surface area contributed by atoms with Gasteiger partial charge < -0.3 is 15.4 Å². The molecule has 0 saturated heterocycles. The third-order valence-corrected chi connectivity index (χ3v) is 2.61. The molecule has 18 heavy (non-hydrogen) atoms. The van der Waals surface area contributed by atoms with Crippen LogP contribution in [0.3, 0.4) is 0 Å². The van der Waals surface area contributed by atoms with Crippen molar-refractivity contribution in [3.8, 4) is 5.75 Å². The Labute approximate surface area is 109 Å². The molecular formula is C14H22N2O2. The van der Waals surface area contributed by atoms with Crippen molar-refractivity contribution in [1.82, 2.24) is 0 Å². The molecule has 0 aromatic heterocycles. The molecule has 100 valence electrons. The largest absolute Gasteiger partial charge is 0.495 e. The van der Waals surface area contributed by atoms with Gasteiger partial charge >= 0.3 is 0 Å². The molecule has 0 spiro atoms. The molecule has 1 amide bonds. The fraction of sp³-hybridized carbons (Fsp3) is 0.500. The molecule has 2 N–H and O–H groups in total. The maximum absolute atomic E-state index is 12.2. The Kier molecular flexibility index (Phi) is 5.65. The Balaban J connectivity index is 2.99. The summed E-state index contributed by atoms with van der Waals surface area (Å²) in [5.41, 5.74) is 6.38. The first-order valence-corrected chi connectivity index (χ1v) is 6.23. The summed E-state index contributed by atoms with van der Waals surface area (Å²) < 4.78 is 5.29. The number of para-hydroxylation sites is 2. The summed E-state index contributed by atoms with van der Waals surface area (Å²) in [5.74, 6) is 1.11. The third-order valence-electron chi connectivity index (χ3n) is 2.61. The van der Waals surface area contributed by atoms with E-state index in [2.05, 4.69) is 0 Å². The van der Waals surface area contributed by atoms with Gasteiger partial charge in [-0.25, -0.2) is 0 Å². The Morgan fingerprint density at radius 3 is 2.61 bits per heavy atom. The lowest BCUT2D eigenvalue weighted by atomic mass is 10.1. The second kappa shape index (κ2) is 7.01. The normalized spacial score (nSPS) is 10.5. The van der Waals surface area contributed by atoms with Crippen molar-refractivity contribution < 1.29 is 9.53 Å². The van der Waals surface area contributed by atoms with Gasteiger partial charge in [0.1, 0.15) is 5.75 Å². The summed E-state index contributed by atoms with van der Waals surface area (Å²) >= 11 is 0. The molecule has 1 aromatic carbocycles. The molecule has 0 aliphatic heterocycles. The highest BCUT2D eigenvalue weighted by Gasteiger charge is 2.19. The number of ether oxygens (including phenoxy) is 1. The fourth-order valence-corrected chi connectivity index (χ4v) is 1.82. The molecule has 1 aromatic rings. The molecule has 0 radical (unpaired) electrons. The number of carbonyl (C=O) groups is 1. The van der Waals surface area contributed by atoms with Gasteiger partial charge in [-0.2, -0.15) is 0 Å². The molecule has 0 unspecified atom stereocenters. The predicted molar refractivity (Wildman–Crippen MR) is 73.9 cm³/mol. The number of amides is 1. The van der Waals surface area contributed by atoms with E-state index in [-0.39, 0.29) is 5.91 Å². The molecule has 0 saturated carbocycles. The van der Waals surface area contributed by atoms with Crippen LogP contribution in [0.25, 0.3) is 0 Å². The summed E-state index contributed by atoms with van der Waals surface area (Å²) in [4.78, 5) is 13.9. The molecule has 0 heterocycles. The molecule has 0 aliphatic carbocycles. The van der Waals surface area contributed by atoms with E-state index in [1.165, 1.54) is 0 Å². The van der Waals surface area contributed by atoms with Crippen molar-refractivity contribution in [3.05, 3.63) is 24.3 Å². The average molecular weight is 250 g/mol. The van der Waals surface area contributed by atoms with Gasteiger partial charge in [-0.05, 0) is 18.1 Å². The Hall–Kier alpha value is -1.55. The number of rotatable bonds is 6. The number of anilines is 1. The molecule has 4 heteroatoms. The van der Waals surface area contributed by atoms with Crippen molar-refractivity contribution >= 4 is 11.6 Å². The van der Waals surface area contributed by atoms with E-state index in [0.717, 1.165) is 5.69 Å². The highest BCUT2D eigenvalue weighted by molar-refractivity contribution is 5.95. The lowest BCUT2D eigenvalue weighted by Gasteiger charge is -2.24. The topological polar surface area (TPSA) is 55.6 Å². The first-order valence-electron chi connectivity index (χ1n) is 6.23. The molecule has 0 bridgehead atoms. The highest BCUT2D eigenvalue weighted by Crippen LogP contribution is 2.28. The SMILES string of the molecule is COc1ccccc1N(CCN)C(=O)CC(C)C. The number of hydrogen-bond donors (Lipinski definition) is 1. The number of hydrogen-bond acceptors (Lipinski definition) is 3. The zero-order valence-corrected chi connectivity index (χ0v) is 11.3. The van der Waals surface area contributed by atoms with Crippen LogP contribution in [0.5, 0.6) is 5.75 Å². The fourth-order valence-electron chi connectivity index (χ4n) is 1.82. The maximum Gasteiger partial charge on any atom is 0.227 e. The Bertz CT molecular complexity index is 391. The summed E-state index contributed by atoms with van der Waals surface area (Å²) in [6, 6.07) is 7.51. The van der Waals surface area contributed by atoms with Crippen molar-refractivity contribution in [1.29, 1.82) is 0 Å². The van der Waals surface area contributed by atoms with Gasteiger partial charge in [0.25, 0.3) is 0 Å². The van der Waals surface area contributed by atoms with Crippen LogP contribution < -0.4 is 15.4 Å². The molecule has 0 aliphatic rings. The van der Waals surface area contributed by atoms with Crippen LogP contribution in [0, 0.1) is 5.92 Å². The van der Waals surface area contributed by atoms with E-state index in [9.17, 15) is 4.79 Å². The second-order valence-corrected chi connectivity index (χ2v) is 4.60. The maximum atomic E-state index is 12.2. The first-order chi connectivity index (χ1) is 8.60. The van der Waals surface area contributed by atoms with Gasteiger partial charge in [0.15, 0.2) is 0 Å². The van der Waals surface area contributed by atoms with E-state index in [1.807, 2.05) is 38.1 Å². The Morgan fingerprint density at radius 1 is 1.39 bits per heavy atom. The van der Waals surface area contributed by atoms with Gasteiger partial charge in [-0.3, -0.25) is 4.79 Å². The van der Waals surface area contributed by atoms with Crippen LogP contribution in [0.4, 0.5) is 5.69 Å². The average Bonchev–Trinajstić information content (AvgIpc) is 2.35. The number of benzene rings is 1. The first kappa shape index (κ1) is 14.5. The smallest absolute Gasteiger partial charge is 0.227 e. The minimum Gasteiger partial charge on any atom is -0.495 e. The summed E-state index contributed by atoms with van der Waals surface area (Å²) in [6.07, 6.45) is 0.512. The van der Waals surface area contributed by atoms with Crippen LogP contribution in [-0.2, 0) is 4.79 Å². The van der Waals surface area contributed by atoms with Gasteiger partial charge in [0.05, 0.1) is 12.8 Å². The summed E-state index contributed by atoms with van der Waals surface area (Å²) in [6.45, 7) is 5.00. The van der Waals surface area contributed by atoms with Gasteiger partial charge in [0, 0.05) is 19.5 Å². The van der Waals surface area contributed by atoms with Gasteiger partial charge in [-0.15, -0.1) is 0 Å². The Morgan fingerprint density at radius 2 is 2.06 bits per heavy atom. The van der Waals surface area contributed by atoms with Crippen molar-refractivity contribution in [3.63, 3.8) is 0 Å². The minimum absolute atomic E-state index is 0.0833. The summed E-state index contributed by atoms with van der Waals surface area (Å²) in [5, 5.41) is 0. The monoisotopic (exact) mass is 250 g/mol. The van der Waals surface area contributed by atoms with Crippen LogP contribution >= 0.6 is 0 Å². The lowest BCUT2D eigenvalue weighted by Crippen LogP contribution is -2.36.